The molecule has 3 rings (SSSR count). The second kappa shape index (κ2) is 12.3. The number of benzene rings is 3. The van der Waals surface area contributed by atoms with E-state index in [0.717, 1.165) is 15.4 Å². The Kier molecular flexibility index (Phi) is 9.34. The van der Waals surface area contributed by atoms with Crippen LogP contribution < -0.4 is 9.62 Å². The normalized spacial score (nSPS) is 12.2. The fourth-order valence-corrected chi connectivity index (χ4v) is 5.39. The molecule has 0 saturated heterocycles. The first-order chi connectivity index (χ1) is 17.5. The van der Waals surface area contributed by atoms with E-state index >= 15 is 0 Å². The zero-order valence-corrected chi connectivity index (χ0v) is 23.0. The third-order valence-electron chi connectivity index (χ3n) is 5.76. The summed E-state index contributed by atoms with van der Waals surface area (Å²) in [6.45, 7) is 6.93. The van der Waals surface area contributed by atoms with Crippen LogP contribution in [0.1, 0.15) is 31.9 Å². The van der Waals surface area contributed by atoms with Gasteiger partial charge in [-0.15, -0.1) is 0 Å². The first kappa shape index (κ1) is 28.2. The Hall–Kier alpha value is -3.36. The molecule has 0 aliphatic rings. The molecule has 9 heteroatoms. The van der Waals surface area contributed by atoms with Crippen LogP contribution in [-0.4, -0.2) is 43.8 Å². The smallest absolute Gasteiger partial charge is 0.264 e. The van der Waals surface area contributed by atoms with Crippen LogP contribution in [-0.2, 0) is 26.2 Å². The number of hydrogen-bond acceptors (Lipinski definition) is 4. The molecule has 3 aromatic rings. The number of aryl methyl sites for hydroxylation is 1. The van der Waals surface area contributed by atoms with E-state index in [1.807, 2.05) is 45.0 Å². The number of anilines is 1. The number of carbonyl (C=O) groups excluding carboxylic acids is 2. The highest BCUT2D eigenvalue weighted by molar-refractivity contribution is 7.92. The molecular formula is C28H32ClN3O4S. The van der Waals surface area contributed by atoms with E-state index in [4.69, 9.17) is 11.6 Å². The van der Waals surface area contributed by atoms with E-state index in [9.17, 15) is 18.0 Å². The number of para-hydroxylation sites is 1. The molecule has 1 N–H and O–H groups in total. The molecule has 3 aromatic carbocycles. The van der Waals surface area contributed by atoms with Crippen molar-refractivity contribution < 1.29 is 18.0 Å². The molecule has 0 fully saturated rings. The maximum atomic E-state index is 13.8. The summed E-state index contributed by atoms with van der Waals surface area (Å²) in [5.41, 5.74) is 2.19. The molecule has 7 nitrogen and oxygen atoms in total. The Bertz CT molecular complexity index is 1330. The monoisotopic (exact) mass is 541 g/mol. The van der Waals surface area contributed by atoms with Crippen molar-refractivity contribution in [1.29, 1.82) is 0 Å². The van der Waals surface area contributed by atoms with Gasteiger partial charge >= 0.3 is 0 Å². The first-order valence-electron chi connectivity index (χ1n) is 12.0. The highest BCUT2D eigenvalue weighted by Crippen LogP contribution is 2.25. The van der Waals surface area contributed by atoms with Gasteiger partial charge in [-0.2, -0.15) is 0 Å². The molecule has 196 valence electrons. The maximum absolute atomic E-state index is 13.8. The fourth-order valence-electron chi connectivity index (χ4n) is 3.85. The summed E-state index contributed by atoms with van der Waals surface area (Å²) in [5, 5.41) is 3.24. The van der Waals surface area contributed by atoms with Gasteiger partial charge in [-0.05, 0) is 69.7 Å². The lowest BCUT2D eigenvalue weighted by atomic mass is 10.1. The summed E-state index contributed by atoms with van der Waals surface area (Å²) in [4.78, 5) is 28.1. The van der Waals surface area contributed by atoms with Gasteiger partial charge in [0.2, 0.25) is 11.8 Å². The third kappa shape index (κ3) is 7.33. The summed E-state index contributed by atoms with van der Waals surface area (Å²) >= 11 is 5.97. The van der Waals surface area contributed by atoms with E-state index < -0.39 is 28.5 Å². The van der Waals surface area contributed by atoms with Gasteiger partial charge in [0.25, 0.3) is 10.0 Å². The van der Waals surface area contributed by atoms with Crippen LogP contribution in [0.2, 0.25) is 5.02 Å². The van der Waals surface area contributed by atoms with Crippen molar-refractivity contribution in [3.63, 3.8) is 0 Å². The Labute approximate surface area is 224 Å². The fraction of sp³-hybridized carbons (Fsp3) is 0.286. The molecule has 0 bridgehead atoms. The molecule has 0 heterocycles. The molecule has 0 aliphatic heterocycles. The van der Waals surface area contributed by atoms with Gasteiger partial charge in [0.1, 0.15) is 12.6 Å². The molecule has 0 spiro atoms. The zero-order valence-electron chi connectivity index (χ0n) is 21.4. The lowest BCUT2D eigenvalue weighted by Crippen LogP contribution is -2.52. The van der Waals surface area contributed by atoms with Crippen LogP contribution in [0.4, 0.5) is 5.69 Å². The molecule has 0 radical (unpaired) electrons. The van der Waals surface area contributed by atoms with Crippen LogP contribution in [0.3, 0.4) is 0 Å². The van der Waals surface area contributed by atoms with Gasteiger partial charge in [-0.1, -0.05) is 59.6 Å². The van der Waals surface area contributed by atoms with Gasteiger partial charge in [0, 0.05) is 17.6 Å². The largest absolute Gasteiger partial charge is 0.352 e. The summed E-state index contributed by atoms with van der Waals surface area (Å²) < 4.78 is 28.4. The summed E-state index contributed by atoms with van der Waals surface area (Å²) in [6, 6.07) is 20.9. The second-order valence-corrected chi connectivity index (χ2v) is 11.4. The minimum atomic E-state index is -4.12. The Morgan fingerprint density at radius 2 is 1.57 bits per heavy atom. The summed E-state index contributed by atoms with van der Waals surface area (Å²) in [6.07, 6.45) is 0. The van der Waals surface area contributed by atoms with E-state index in [0.29, 0.717) is 10.7 Å². The molecule has 2 amide bonds. The lowest BCUT2D eigenvalue weighted by Gasteiger charge is -2.32. The molecule has 0 unspecified atom stereocenters. The average Bonchev–Trinajstić information content (AvgIpc) is 2.85. The molecule has 0 aliphatic carbocycles. The minimum Gasteiger partial charge on any atom is -0.352 e. The molecule has 0 aromatic heterocycles. The molecule has 37 heavy (non-hydrogen) atoms. The van der Waals surface area contributed by atoms with Crippen LogP contribution in [0.5, 0.6) is 0 Å². The number of hydrogen-bond donors (Lipinski definition) is 1. The zero-order chi connectivity index (χ0) is 27.2. The Balaban J connectivity index is 2.00. The predicted octanol–water partition coefficient (Wildman–Crippen LogP) is 4.79. The van der Waals surface area contributed by atoms with E-state index in [1.54, 1.807) is 37.3 Å². The van der Waals surface area contributed by atoms with Crippen molar-refractivity contribution in [3.8, 4) is 0 Å². The first-order valence-corrected chi connectivity index (χ1v) is 13.8. The van der Waals surface area contributed by atoms with E-state index in [1.165, 1.54) is 29.2 Å². The number of nitrogens with one attached hydrogen (secondary N) is 1. The highest BCUT2D eigenvalue weighted by atomic mass is 35.5. The van der Waals surface area contributed by atoms with Gasteiger partial charge in [-0.25, -0.2) is 8.42 Å². The Morgan fingerprint density at radius 1 is 0.919 bits per heavy atom. The lowest BCUT2D eigenvalue weighted by molar-refractivity contribution is -0.139. The number of rotatable bonds is 10. The van der Waals surface area contributed by atoms with Gasteiger partial charge < -0.3 is 10.2 Å². The summed E-state index contributed by atoms with van der Waals surface area (Å²) in [7, 11) is -4.12. The minimum absolute atomic E-state index is 0.00406. The highest BCUT2D eigenvalue weighted by Gasteiger charge is 2.32. The number of carbonyl (C=O) groups is 2. The van der Waals surface area contributed by atoms with Crippen LogP contribution in [0, 0.1) is 6.92 Å². The van der Waals surface area contributed by atoms with E-state index in [-0.39, 0.29) is 23.4 Å². The molecule has 0 saturated carbocycles. The van der Waals surface area contributed by atoms with E-state index in [2.05, 4.69) is 5.32 Å². The number of amides is 2. The average molecular weight is 542 g/mol. The number of sulfonamides is 1. The van der Waals surface area contributed by atoms with Gasteiger partial charge in [-0.3, -0.25) is 13.9 Å². The summed E-state index contributed by atoms with van der Waals surface area (Å²) in [5.74, 6) is -0.822. The van der Waals surface area contributed by atoms with Crippen LogP contribution in [0.15, 0.2) is 83.8 Å². The van der Waals surface area contributed by atoms with Crippen LogP contribution >= 0.6 is 11.6 Å². The van der Waals surface area contributed by atoms with Crippen molar-refractivity contribution in [1.82, 2.24) is 10.2 Å². The van der Waals surface area contributed by atoms with Gasteiger partial charge in [0.05, 0.1) is 10.6 Å². The van der Waals surface area contributed by atoms with Crippen molar-refractivity contribution in [2.45, 2.75) is 51.2 Å². The van der Waals surface area contributed by atoms with Crippen molar-refractivity contribution in [2.75, 3.05) is 10.8 Å². The maximum Gasteiger partial charge on any atom is 0.264 e. The molecule has 1 atom stereocenters. The topological polar surface area (TPSA) is 86.8 Å². The van der Waals surface area contributed by atoms with Crippen molar-refractivity contribution in [3.05, 3.63) is 95.0 Å². The quantitative estimate of drug-likeness (QED) is 0.400. The predicted molar refractivity (Wildman–Crippen MR) is 147 cm³/mol. The third-order valence-corrected chi connectivity index (χ3v) is 7.80. The number of halogens is 1. The van der Waals surface area contributed by atoms with Crippen LogP contribution in [0.25, 0.3) is 0 Å². The Morgan fingerprint density at radius 3 is 2.16 bits per heavy atom. The SMILES string of the molecule is Cc1cccc(CN(C(=O)CN(c2ccccc2)S(=O)(=O)c2ccc(Cl)cc2)[C@@H](C)C(=O)NC(C)C)c1. The second-order valence-electron chi connectivity index (χ2n) is 9.15. The number of nitrogens with zero attached hydrogens (tertiary/aromatic N) is 2. The van der Waals surface area contributed by atoms with Crippen molar-refractivity contribution >= 4 is 39.1 Å². The standard InChI is InChI=1S/C28H32ClN3O4S/c1-20(2)30-28(34)22(4)31(18-23-10-8-9-21(3)17-23)27(33)19-32(25-11-6-5-7-12-25)37(35,36)26-15-13-24(29)14-16-26/h5-17,20,22H,18-19H2,1-4H3,(H,30,34)/t22-/m0/s1. The molecular weight excluding hydrogens is 510 g/mol. The van der Waals surface area contributed by atoms with Gasteiger partial charge in [0.15, 0.2) is 0 Å². The van der Waals surface area contributed by atoms with Crippen molar-refractivity contribution in [2.24, 2.45) is 0 Å².